The van der Waals surface area contributed by atoms with Gasteiger partial charge in [-0.1, -0.05) is 19.9 Å². The average Bonchev–Trinajstić information content (AvgIpc) is 2.87. The Morgan fingerprint density at radius 3 is 2.70 bits per heavy atom. The van der Waals surface area contributed by atoms with E-state index in [0.29, 0.717) is 5.13 Å². The van der Waals surface area contributed by atoms with Gasteiger partial charge in [0.05, 0.1) is 11.7 Å². The van der Waals surface area contributed by atoms with Gasteiger partial charge in [-0.3, -0.25) is 9.78 Å². The SMILES string of the molecule is CC(C)[C@H](N)C(=O)Nc1nc(-c2ccccn2)cs1.Cl. The number of carbonyl (C=O) groups is 1. The molecule has 2 aromatic rings. The highest BCUT2D eigenvalue weighted by Gasteiger charge is 2.18. The first-order valence-corrected chi connectivity index (χ1v) is 6.89. The first-order chi connectivity index (χ1) is 9.08. The Morgan fingerprint density at radius 2 is 2.10 bits per heavy atom. The highest BCUT2D eigenvalue weighted by atomic mass is 35.5. The second-order valence-corrected chi connectivity index (χ2v) is 5.37. The zero-order chi connectivity index (χ0) is 13.8. The summed E-state index contributed by atoms with van der Waals surface area (Å²) in [6, 6.07) is 5.09. The Hall–Kier alpha value is -1.50. The van der Waals surface area contributed by atoms with Crippen LogP contribution in [0.15, 0.2) is 29.8 Å². The normalized spacial score (nSPS) is 11.8. The van der Waals surface area contributed by atoms with Crippen molar-refractivity contribution in [2.45, 2.75) is 19.9 Å². The maximum atomic E-state index is 11.8. The number of nitrogens with one attached hydrogen (secondary N) is 1. The molecular weight excluding hydrogens is 296 g/mol. The third kappa shape index (κ3) is 4.00. The van der Waals surface area contributed by atoms with Gasteiger partial charge in [-0.15, -0.1) is 23.7 Å². The van der Waals surface area contributed by atoms with Crippen LogP contribution in [0.4, 0.5) is 5.13 Å². The second kappa shape index (κ2) is 7.33. The van der Waals surface area contributed by atoms with E-state index in [9.17, 15) is 4.79 Å². The number of carbonyl (C=O) groups excluding carboxylic acids is 1. The number of anilines is 1. The molecule has 1 amide bonds. The summed E-state index contributed by atoms with van der Waals surface area (Å²) in [5.74, 6) is -0.118. The van der Waals surface area contributed by atoms with Crippen molar-refractivity contribution in [3.05, 3.63) is 29.8 Å². The van der Waals surface area contributed by atoms with Crippen molar-refractivity contribution >= 4 is 34.8 Å². The van der Waals surface area contributed by atoms with Crippen LogP contribution in [0.1, 0.15) is 13.8 Å². The molecule has 2 heterocycles. The summed E-state index contributed by atoms with van der Waals surface area (Å²) >= 11 is 1.36. The Labute approximate surface area is 128 Å². The van der Waals surface area contributed by atoms with Crippen molar-refractivity contribution in [3.8, 4) is 11.4 Å². The number of nitrogens with two attached hydrogens (primary N) is 1. The molecule has 0 fully saturated rings. The first-order valence-electron chi connectivity index (χ1n) is 6.01. The fraction of sp³-hybridized carbons (Fsp3) is 0.308. The quantitative estimate of drug-likeness (QED) is 0.909. The van der Waals surface area contributed by atoms with Crippen molar-refractivity contribution in [3.63, 3.8) is 0 Å². The van der Waals surface area contributed by atoms with Gasteiger partial charge in [-0.2, -0.15) is 0 Å². The zero-order valence-corrected chi connectivity index (χ0v) is 12.9. The highest BCUT2D eigenvalue weighted by molar-refractivity contribution is 7.14. The molecule has 108 valence electrons. The standard InChI is InChI=1S/C13H16N4OS.ClH/c1-8(2)11(14)12(18)17-13-16-10(7-19-13)9-5-3-4-6-15-9;/h3-8,11H,14H2,1-2H3,(H,16,17,18);1H/t11-;/m0./s1. The van der Waals surface area contributed by atoms with Crippen LogP contribution in [-0.4, -0.2) is 21.9 Å². The number of pyridine rings is 1. The lowest BCUT2D eigenvalue weighted by Crippen LogP contribution is -2.39. The third-order valence-electron chi connectivity index (χ3n) is 2.68. The van der Waals surface area contributed by atoms with Gasteiger partial charge in [-0.25, -0.2) is 4.98 Å². The molecule has 0 aromatic carbocycles. The minimum atomic E-state index is -0.526. The van der Waals surface area contributed by atoms with Crippen molar-refractivity contribution in [2.75, 3.05) is 5.32 Å². The van der Waals surface area contributed by atoms with Crippen LogP contribution in [-0.2, 0) is 4.79 Å². The minimum absolute atomic E-state index is 0. The van der Waals surface area contributed by atoms with Gasteiger partial charge in [0, 0.05) is 11.6 Å². The summed E-state index contributed by atoms with van der Waals surface area (Å²) in [5.41, 5.74) is 7.31. The number of amides is 1. The van der Waals surface area contributed by atoms with E-state index in [1.165, 1.54) is 11.3 Å². The summed E-state index contributed by atoms with van der Waals surface area (Å²) < 4.78 is 0. The van der Waals surface area contributed by atoms with Crippen LogP contribution < -0.4 is 11.1 Å². The molecule has 0 aliphatic heterocycles. The summed E-state index contributed by atoms with van der Waals surface area (Å²) in [6.07, 6.45) is 1.71. The zero-order valence-electron chi connectivity index (χ0n) is 11.2. The fourth-order valence-corrected chi connectivity index (χ4v) is 2.16. The van der Waals surface area contributed by atoms with Crippen LogP contribution in [0.2, 0.25) is 0 Å². The van der Waals surface area contributed by atoms with Crippen LogP contribution in [0.3, 0.4) is 0 Å². The van der Waals surface area contributed by atoms with Gasteiger partial charge >= 0.3 is 0 Å². The van der Waals surface area contributed by atoms with Gasteiger partial charge in [0.15, 0.2) is 5.13 Å². The van der Waals surface area contributed by atoms with E-state index in [1.54, 1.807) is 6.20 Å². The molecule has 1 atom stereocenters. The van der Waals surface area contributed by atoms with E-state index in [-0.39, 0.29) is 24.2 Å². The summed E-state index contributed by atoms with van der Waals surface area (Å²) in [6.45, 7) is 3.82. The van der Waals surface area contributed by atoms with Crippen molar-refractivity contribution in [1.29, 1.82) is 0 Å². The molecular formula is C13H17ClN4OS. The molecule has 20 heavy (non-hydrogen) atoms. The lowest BCUT2D eigenvalue weighted by Gasteiger charge is -2.13. The van der Waals surface area contributed by atoms with Crippen molar-refractivity contribution in [2.24, 2.45) is 11.7 Å². The molecule has 3 N–H and O–H groups in total. The van der Waals surface area contributed by atoms with E-state index in [0.717, 1.165) is 11.4 Å². The van der Waals surface area contributed by atoms with Gasteiger partial charge in [-0.05, 0) is 18.1 Å². The van der Waals surface area contributed by atoms with Gasteiger partial charge in [0.25, 0.3) is 0 Å². The van der Waals surface area contributed by atoms with Crippen molar-refractivity contribution in [1.82, 2.24) is 9.97 Å². The predicted molar refractivity (Wildman–Crippen MR) is 84.0 cm³/mol. The molecule has 0 spiro atoms. The van der Waals surface area contributed by atoms with E-state index >= 15 is 0 Å². The largest absolute Gasteiger partial charge is 0.320 e. The van der Waals surface area contributed by atoms with Crippen LogP contribution in [0, 0.1) is 5.92 Å². The Balaban J connectivity index is 0.00000200. The van der Waals surface area contributed by atoms with Crippen LogP contribution in [0.25, 0.3) is 11.4 Å². The number of halogens is 1. The Bertz CT molecular complexity index is 559. The minimum Gasteiger partial charge on any atom is -0.320 e. The molecule has 0 saturated carbocycles. The fourth-order valence-electron chi connectivity index (χ4n) is 1.45. The summed E-state index contributed by atoms with van der Waals surface area (Å²) in [5, 5.41) is 5.13. The van der Waals surface area contributed by atoms with E-state index in [2.05, 4.69) is 15.3 Å². The van der Waals surface area contributed by atoms with Gasteiger partial charge < -0.3 is 11.1 Å². The van der Waals surface area contributed by atoms with E-state index < -0.39 is 6.04 Å². The predicted octanol–water partition coefficient (Wildman–Crippen LogP) is 2.55. The maximum Gasteiger partial charge on any atom is 0.243 e. The number of hydrogen-bond donors (Lipinski definition) is 2. The smallest absolute Gasteiger partial charge is 0.243 e. The van der Waals surface area contributed by atoms with Crippen LogP contribution >= 0.6 is 23.7 Å². The maximum absolute atomic E-state index is 11.8. The number of rotatable bonds is 4. The number of aromatic nitrogens is 2. The summed E-state index contributed by atoms with van der Waals surface area (Å²) in [4.78, 5) is 20.4. The summed E-state index contributed by atoms with van der Waals surface area (Å²) in [7, 11) is 0. The molecule has 0 saturated heterocycles. The molecule has 2 rings (SSSR count). The number of thiazole rings is 1. The van der Waals surface area contributed by atoms with E-state index in [1.807, 2.05) is 37.4 Å². The second-order valence-electron chi connectivity index (χ2n) is 4.51. The first kappa shape index (κ1) is 16.6. The molecule has 5 nitrogen and oxygen atoms in total. The van der Waals surface area contributed by atoms with Crippen LogP contribution in [0.5, 0.6) is 0 Å². The van der Waals surface area contributed by atoms with Gasteiger partial charge in [0.2, 0.25) is 5.91 Å². The molecule has 0 radical (unpaired) electrons. The molecule has 0 bridgehead atoms. The molecule has 7 heteroatoms. The molecule has 0 aliphatic rings. The highest BCUT2D eigenvalue weighted by Crippen LogP contribution is 2.23. The Kier molecular flexibility index (Phi) is 6.06. The van der Waals surface area contributed by atoms with Crippen molar-refractivity contribution < 1.29 is 4.79 Å². The Morgan fingerprint density at radius 1 is 1.35 bits per heavy atom. The number of nitrogens with zero attached hydrogens (tertiary/aromatic N) is 2. The average molecular weight is 313 g/mol. The molecule has 2 aromatic heterocycles. The third-order valence-corrected chi connectivity index (χ3v) is 3.44. The molecule has 0 aliphatic carbocycles. The van der Waals surface area contributed by atoms with Gasteiger partial charge in [0.1, 0.15) is 5.69 Å². The molecule has 0 unspecified atom stereocenters. The van der Waals surface area contributed by atoms with E-state index in [4.69, 9.17) is 5.73 Å². The lowest BCUT2D eigenvalue weighted by molar-refractivity contribution is -0.118. The topological polar surface area (TPSA) is 80.9 Å². The monoisotopic (exact) mass is 312 g/mol. The number of hydrogen-bond acceptors (Lipinski definition) is 5. The lowest BCUT2D eigenvalue weighted by atomic mass is 10.1.